The molecular formula is C20H19FN2O4. The van der Waals surface area contributed by atoms with Gasteiger partial charge in [0.2, 0.25) is 0 Å². The van der Waals surface area contributed by atoms with Crippen LogP contribution in [0, 0.1) is 5.82 Å². The fraction of sp³-hybridized carbons (Fsp3) is 0.200. The van der Waals surface area contributed by atoms with Gasteiger partial charge in [0.1, 0.15) is 0 Å². The van der Waals surface area contributed by atoms with Crippen molar-refractivity contribution < 1.29 is 19.0 Å². The molecule has 0 saturated carbocycles. The highest BCUT2D eigenvalue weighted by molar-refractivity contribution is 6.08. The minimum atomic E-state index is -0.637. The molecule has 27 heavy (non-hydrogen) atoms. The van der Waals surface area contributed by atoms with Crippen LogP contribution in [0.2, 0.25) is 0 Å². The van der Waals surface area contributed by atoms with Crippen molar-refractivity contribution in [1.29, 1.82) is 0 Å². The number of pyridine rings is 1. The molecule has 1 heterocycles. The minimum Gasteiger partial charge on any atom is -0.502 e. The van der Waals surface area contributed by atoms with Gasteiger partial charge in [-0.3, -0.25) is 9.59 Å². The van der Waals surface area contributed by atoms with Crippen LogP contribution in [-0.2, 0) is 7.05 Å². The summed E-state index contributed by atoms with van der Waals surface area (Å²) >= 11 is 0. The lowest BCUT2D eigenvalue weighted by atomic mass is 10.1. The Labute approximate surface area is 154 Å². The number of aromatic nitrogens is 1. The fourth-order valence-electron chi connectivity index (χ4n) is 2.82. The third-order valence-electron chi connectivity index (χ3n) is 4.21. The van der Waals surface area contributed by atoms with E-state index in [2.05, 4.69) is 5.32 Å². The van der Waals surface area contributed by atoms with Crippen LogP contribution in [0.1, 0.15) is 16.8 Å². The van der Waals surface area contributed by atoms with Crippen molar-refractivity contribution in [3.63, 3.8) is 0 Å². The van der Waals surface area contributed by atoms with E-state index >= 15 is 0 Å². The number of para-hydroxylation sites is 2. The van der Waals surface area contributed by atoms with E-state index in [0.29, 0.717) is 17.3 Å². The zero-order valence-corrected chi connectivity index (χ0v) is 14.7. The Morgan fingerprint density at radius 3 is 2.67 bits per heavy atom. The van der Waals surface area contributed by atoms with E-state index in [1.807, 2.05) is 0 Å². The number of hydrogen-bond acceptors (Lipinski definition) is 4. The fourth-order valence-corrected chi connectivity index (χ4v) is 2.82. The van der Waals surface area contributed by atoms with Gasteiger partial charge in [-0.15, -0.1) is 0 Å². The number of nitrogens with zero attached hydrogens (tertiary/aromatic N) is 1. The zero-order valence-electron chi connectivity index (χ0n) is 14.7. The summed E-state index contributed by atoms with van der Waals surface area (Å²) in [5, 5.41) is 13.3. The van der Waals surface area contributed by atoms with E-state index in [1.54, 1.807) is 36.4 Å². The molecule has 2 aromatic carbocycles. The molecule has 0 unspecified atom stereocenters. The molecule has 0 fully saturated rings. The highest BCUT2D eigenvalue weighted by Gasteiger charge is 2.20. The molecule has 0 saturated heterocycles. The van der Waals surface area contributed by atoms with Gasteiger partial charge < -0.3 is 19.7 Å². The maximum Gasteiger partial charge on any atom is 0.293 e. The Morgan fingerprint density at radius 2 is 1.89 bits per heavy atom. The van der Waals surface area contributed by atoms with E-state index in [9.17, 15) is 19.1 Å². The van der Waals surface area contributed by atoms with Crippen molar-refractivity contribution in [1.82, 2.24) is 9.88 Å². The van der Waals surface area contributed by atoms with Gasteiger partial charge in [-0.05, 0) is 24.6 Å². The average Bonchev–Trinajstić information content (AvgIpc) is 2.67. The second kappa shape index (κ2) is 7.90. The van der Waals surface area contributed by atoms with E-state index in [-0.39, 0.29) is 24.5 Å². The molecule has 0 aliphatic heterocycles. The van der Waals surface area contributed by atoms with Crippen LogP contribution in [0.3, 0.4) is 0 Å². The molecule has 0 radical (unpaired) electrons. The van der Waals surface area contributed by atoms with Crippen LogP contribution < -0.4 is 15.6 Å². The molecule has 1 aromatic heterocycles. The van der Waals surface area contributed by atoms with E-state index < -0.39 is 23.0 Å². The molecule has 0 spiro atoms. The van der Waals surface area contributed by atoms with E-state index in [1.165, 1.54) is 23.7 Å². The average molecular weight is 370 g/mol. The Bertz CT molecular complexity index is 1050. The quantitative estimate of drug-likeness (QED) is 0.654. The summed E-state index contributed by atoms with van der Waals surface area (Å²) in [6.45, 7) is 0.459. The molecule has 3 rings (SSSR count). The Morgan fingerprint density at radius 1 is 1.19 bits per heavy atom. The van der Waals surface area contributed by atoms with Gasteiger partial charge in [0.25, 0.3) is 11.5 Å². The van der Waals surface area contributed by atoms with Gasteiger partial charge in [0, 0.05) is 19.0 Å². The first-order valence-corrected chi connectivity index (χ1v) is 8.47. The minimum absolute atomic E-state index is 0.0521. The van der Waals surface area contributed by atoms with Crippen LogP contribution in [0.25, 0.3) is 10.9 Å². The Balaban J connectivity index is 1.67. The maximum absolute atomic E-state index is 13.5. The number of nitrogens with one attached hydrogen (secondary N) is 1. The SMILES string of the molecule is Cn1c(=O)c(O)c(C(=O)NCCCOc2ccccc2F)c2ccccc21. The van der Waals surface area contributed by atoms with Gasteiger partial charge >= 0.3 is 0 Å². The summed E-state index contributed by atoms with van der Waals surface area (Å²) in [5.41, 5.74) is -0.140. The lowest BCUT2D eigenvalue weighted by Crippen LogP contribution is -2.28. The smallest absolute Gasteiger partial charge is 0.293 e. The molecule has 7 heteroatoms. The van der Waals surface area contributed by atoms with Gasteiger partial charge in [0.15, 0.2) is 17.3 Å². The van der Waals surface area contributed by atoms with E-state index in [4.69, 9.17) is 4.74 Å². The molecular weight excluding hydrogens is 351 g/mol. The topological polar surface area (TPSA) is 80.6 Å². The number of halogens is 1. The number of aryl methyl sites for hydroxylation is 1. The number of amides is 1. The van der Waals surface area contributed by atoms with Crippen molar-refractivity contribution in [3.05, 3.63) is 70.3 Å². The number of aromatic hydroxyl groups is 1. The monoisotopic (exact) mass is 370 g/mol. The van der Waals surface area contributed by atoms with E-state index in [0.717, 1.165) is 0 Å². The highest BCUT2D eigenvalue weighted by Crippen LogP contribution is 2.23. The first-order valence-electron chi connectivity index (χ1n) is 8.47. The lowest BCUT2D eigenvalue weighted by Gasteiger charge is -2.12. The molecule has 0 aliphatic rings. The predicted molar refractivity (Wildman–Crippen MR) is 99.7 cm³/mol. The Hall–Kier alpha value is -3.35. The number of carbonyl (C=O) groups excluding carboxylic acids is 1. The summed E-state index contributed by atoms with van der Waals surface area (Å²) in [5.74, 6) is -1.43. The number of ether oxygens (including phenoxy) is 1. The van der Waals surface area contributed by atoms with Crippen molar-refractivity contribution in [3.8, 4) is 11.5 Å². The predicted octanol–water partition coefficient (Wildman–Crippen LogP) is 2.58. The van der Waals surface area contributed by atoms with Crippen LogP contribution in [0.4, 0.5) is 4.39 Å². The van der Waals surface area contributed by atoms with Crippen LogP contribution >= 0.6 is 0 Å². The summed E-state index contributed by atoms with van der Waals surface area (Å²) in [6, 6.07) is 12.9. The molecule has 0 atom stereocenters. The standard InChI is InChI=1S/C20H19FN2O4/c1-23-15-9-4-2-7-13(15)17(18(24)20(23)26)19(25)22-11-6-12-27-16-10-5-3-8-14(16)21/h2-5,7-10,24H,6,11-12H2,1H3,(H,22,25). The summed E-state index contributed by atoms with van der Waals surface area (Å²) < 4.78 is 20.1. The van der Waals surface area contributed by atoms with Gasteiger partial charge in [0.05, 0.1) is 17.7 Å². The van der Waals surface area contributed by atoms with Crippen molar-refractivity contribution >= 4 is 16.8 Å². The Kier molecular flexibility index (Phi) is 5.40. The third-order valence-corrected chi connectivity index (χ3v) is 4.21. The summed E-state index contributed by atoms with van der Waals surface area (Å²) in [6.07, 6.45) is 0.434. The number of benzene rings is 2. The molecule has 0 aliphatic carbocycles. The van der Waals surface area contributed by atoms with Gasteiger partial charge in [-0.1, -0.05) is 30.3 Å². The largest absolute Gasteiger partial charge is 0.502 e. The molecule has 2 N–H and O–H groups in total. The summed E-state index contributed by atoms with van der Waals surface area (Å²) in [4.78, 5) is 24.7. The summed E-state index contributed by atoms with van der Waals surface area (Å²) in [7, 11) is 1.53. The second-order valence-corrected chi connectivity index (χ2v) is 5.99. The van der Waals surface area contributed by atoms with Crippen molar-refractivity contribution in [2.75, 3.05) is 13.2 Å². The van der Waals surface area contributed by atoms with Crippen LogP contribution in [0.5, 0.6) is 11.5 Å². The first kappa shape index (κ1) is 18.4. The number of hydrogen-bond donors (Lipinski definition) is 2. The molecule has 140 valence electrons. The van der Waals surface area contributed by atoms with Crippen molar-refractivity contribution in [2.45, 2.75) is 6.42 Å². The maximum atomic E-state index is 13.5. The highest BCUT2D eigenvalue weighted by atomic mass is 19.1. The first-order chi connectivity index (χ1) is 13.0. The number of carbonyl (C=O) groups is 1. The van der Waals surface area contributed by atoms with Crippen LogP contribution in [0.15, 0.2) is 53.3 Å². The zero-order chi connectivity index (χ0) is 19.4. The normalized spacial score (nSPS) is 10.7. The lowest BCUT2D eigenvalue weighted by molar-refractivity contribution is 0.0950. The molecule has 0 bridgehead atoms. The molecule has 3 aromatic rings. The van der Waals surface area contributed by atoms with Gasteiger partial charge in [-0.25, -0.2) is 4.39 Å². The van der Waals surface area contributed by atoms with Gasteiger partial charge in [-0.2, -0.15) is 0 Å². The second-order valence-electron chi connectivity index (χ2n) is 5.99. The molecule has 6 nitrogen and oxygen atoms in total. The van der Waals surface area contributed by atoms with Crippen molar-refractivity contribution in [2.24, 2.45) is 7.05 Å². The number of rotatable bonds is 6. The number of fused-ring (bicyclic) bond motifs is 1. The third kappa shape index (κ3) is 3.76. The van der Waals surface area contributed by atoms with Crippen LogP contribution in [-0.4, -0.2) is 28.7 Å². The molecule has 1 amide bonds.